The minimum atomic E-state index is -3.72. The van der Waals surface area contributed by atoms with Crippen LogP contribution in [0.4, 0.5) is 10.7 Å². The van der Waals surface area contributed by atoms with Gasteiger partial charge >= 0.3 is 5.69 Å². The number of nitrogen functional groups attached to an aromatic ring is 1. The average Bonchev–Trinajstić information content (AvgIpc) is 2.82. The Labute approximate surface area is 127 Å². The van der Waals surface area contributed by atoms with Crippen molar-refractivity contribution in [2.75, 3.05) is 12.8 Å². The van der Waals surface area contributed by atoms with Crippen LogP contribution in [0.1, 0.15) is 32.6 Å². The molecular formula is C12H19N3O4S2. The summed E-state index contributed by atoms with van der Waals surface area (Å²) in [5.41, 5.74) is 5.19. The second-order valence-electron chi connectivity index (χ2n) is 5.51. The van der Waals surface area contributed by atoms with E-state index in [-0.39, 0.29) is 20.9 Å². The minimum absolute atomic E-state index is 0.0476. The summed E-state index contributed by atoms with van der Waals surface area (Å²) in [6.45, 7) is 2.16. The van der Waals surface area contributed by atoms with Crippen LogP contribution < -0.4 is 5.73 Å². The molecule has 1 heterocycles. The molecule has 1 aromatic heterocycles. The number of hydrogen-bond donors (Lipinski definition) is 1. The molecule has 2 N–H and O–H groups in total. The molecular weight excluding hydrogens is 314 g/mol. The quantitative estimate of drug-likeness (QED) is 0.672. The zero-order chi connectivity index (χ0) is 15.8. The number of anilines is 1. The minimum Gasteiger partial charge on any atom is -0.385 e. The molecule has 0 amide bonds. The number of hydrogen-bond acceptors (Lipinski definition) is 6. The van der Waals surface area contributed by atoms with Crippen molar-refractivity contribution in [1.29, 1.82) is 0 Å². The van der Waals surface area contributed by atoms with Gasteiger partial charge in [0.05, 0.1) is 4.92 Å². The van der Waals surface area contributed by atoms with E-state index in [0.717, 1.165) is 43.1 Å². The fourth-order valence-corrected chi connectivity index (χ4v) is 5.40. The Hall–Kier alpha value is -1.19. The molecule has 0 saturated heterocycles. The number of rotatable bonds is 4. The van der Waals surface area contributed by atoms with E-state index in [2.05, 4.69) is 6.92 Å². The van der Waals surface area contributed by atoms with E-state index in [1.807, 2.05) is 0 Å². The van der Waals surface area contributed by atoms with Gasteiger partial charge in [-0.1, -0.05) is 18.3 Å². The van der Waals surface area contributed by atoms with Gasteiger partial charge in [0.2, 0.25) is 0 Å². The van der Waals surface area contributed by atoms with Gasteiger partial charge in [-0.15, -0.1) is 0 Å². The van der Waals surface area contributed by atoms with E-state index in [9.17, 15) is 18.5 Å². The molecule has 0 aliphatic heterocycles. The molecule has 0 unspecified atom stereocenters. The van der Waals surface area contributed by atoms with Crippen molar-refractivity contribution >= 4 is 32.0 Å². The van der Waals surface area contributed by atoms with Gasteiger partial charge in [0.25, 0.3) is 10.0 Å². The Morgan fingerprint density at radius 3 is 2.43 bits per heavy atom. The smallest absolute Gasteiger partial charge is 0.304 e. The lowest BCUT2D eigenvalue weighted by molar-refractivity contribution is -0.383. The van der Waals surface area contributed by atoms with Crippen molar-refractivity contribution in [3.05, 3.63) is 16.2 Å². The van der Waals surface area contributed by atoms with Crippen molar-refractivity contribution in [3.8, 4) is 0 Å². The molecule has 0 spiro atoms. The summed E-state index contributed by atoms with van der Waals surface area (Å²) in [5.74, 6) is 0.621. The zero-order valence-electron chi connectivity index (χ0n) is 12.0. The van der Waals surface area contributed by atoms with Gasteiger partial charge in [0, 0.05) is 19.2 Å². The van der Waals surface area contributed by atoms with Gasteiger partial charge in [-0.3, -0.25) is 10.1 Å². The third-order valence-electron chi connectivity index (χ3n) is 4.05. The zero-order valence-corrected chi connectivity index (χ0v) is 13.6. The Balaban J connectivity index is 2.25. The molecule has 7 nitrogen and oxygen atoms in total. The lowest BCUT2D eigenvalue weighted by Gasteiger charge is -2.32. The molecule has 1 aliphatic carbocycles. The number of thiophene rings is 1. The number of nitro groups is 1. The molecule has 1 aliphatic rings. The van der Waals surface area contributed by atoms with Gasteiger partial charge in [0.1, 0.15) is 4.21 Å². The molecule has 21 heavy (non-hydrogen) atoms. The highest BCUT2D eigenvalue weighted by atomic mass is 32.2. The number of nitrogens with two attached hydrogens (primary N) is 1. The normalized spacial score (nSPS) is 23.4. The first-order valence-corrected chi connectivity index (χ1v) is 9.01. The van der Waals surface area contributed by atoms with Crippen LogP contribution in [0.2, 0.25) is 0 Å². The summed E-state index contributed by atoms with van der Waals surface area (Å²) in [6.07, 6.45) is 3.63. The molecule has 0 atom stereocenters. The standard InChI is InChI=1S/C12H19N3O4S2/c1-8-3-5-9(6-4-8)14(2)21(18,19)11-7-10(15(16)17)12(13)20-11/h7-9H,3-6,13H2,1-2H3. The molecule has 118 valence electrons. The van der Waals surface area contributed by atoms with E-state index in [0.29, 0.717) is 5.92 Å². The lowest BCUT2D eigenvalue weighted by Crippen LogP contribution is -2.38. The molecule has 9 heteroatoms. The maximum Gasteiger partial charge on any atom is 0.304 e. The van der Waals surface area contributed by atoms with Crippen LogP contribution in [0, 0.1) is 16.0 Å². The van der Waals surface area contributed by atoms with E-state index < -0.39 is 14.9 Å². The first kappa shape index (κ1) is 16.2. The molecule has 2 rings (SSSR count). The highest BCUT2D eigenvalue weighted by molar-refractivity contribution is 7.91. The SMILES string of the molecule is CC1CCC(N(C)S(=O)(=O)c2cc([N+](=O)[O-])c(N)s2)CC1. The van der Waals surface area contributed by atoms with Crippen LogP contribution in [0.15, 0.2) is 10.3 Å². The van der Waals surface area contributed by atoms with E-state index >= 15 is 0 Å². The van der Waals surface area contributed by atoms with Crippen LogP contribution in [0.3, 0.4) is 0 Å². The molecule has 1 aromatic rings. The van der Waals surface area contributed by atoms with Gasteiger partial charge in [0.15, 0.2) is 5.00 Å². The Morgan fingerprint density at radius 1 is 1.38 bits per heavy atom. The van der Waals surface area contributed by atoms with Gasteiger partial charge in [-0.2, -0.15) is 4.31 Å². The highest BCUT2D eigenvalue weighted by Crippen LogP contribution is 2.37. The summed E-state index contributed by atoms with van der Waals surface area (Å²) >= 11 is 0.749. The third-order valence-corrected chi connectivity index (χ3v) is 7.36. The maximum atomic E-state index is 12.6. The topological polar surface area (TPSA) is 107 Å². The Kier molecular flexibility index (Phi) is 4.54. The number of sulfonamides is 1. The third kappa shape index (κ3) is 3.19. The summed E-state index contributed by atoms with van der Waals surface area (Å²) in [5, 5.41) is 10.7. The maximum absolute atomic E-state index is 12.6. The van der Waals surface area contributed by atoms with Crippen molar-refractivity contribution in [2.45, 2.75) is 42.9 Å². The first-order chi connectivity index (χ1) is 9.73. The van der Waals surface area contributed by atoms with Crippen LogP contribution >= 0.6 is 11.3 Å². The fraction of sp³-hybridized carbons (Fsp3) is 0.667. The van der Waals surface area contributed by atoms with Gasteiger partial charge < -0.3 is 5.73 Å². The molecule has 0 radical (unpaired) electrons. The van der Waals surface area contributed by atoms with Crippen LogP contribution in [-0.4, -0.2) is 30.7 Å². The molecule has 1 fully saturated rings. The second kappa shape index (κ2) is 5.90. The Bertz CT molecular complexity index is 633. The average molecular weight is 333 g/mol. The largest absolute Gasteiger partial charge is 0.385 e. The van der Waals surface area contributed by atoms with Crippen molar-refractivity contribution < 1.29 is 13.3 Å². The molecule has 1 saturated carbocycles. The van der Waals surface area contributed by atoms with E-state index in [1.54, 1.807) is 0 Å². The summed E-state index contributed by atoms with van der Waals surface area (Å²) in [6, 6.07) is 1.01. The lowest BCUT2D eigenvalue weighted by atomic mass is 9.87. The molecule has 0 aromatic carbocycles. The molecule has 0 bridgehead atoms. The van der Waals surface area contributed by atoms with Gasteiger partial charge in [-0.05, 0) is 31.6 Å². The highest BCUT2D eigenvalue weighted by Gasteiger charge is 2.33. The van der Waals surface area contributed by atoms with Crippen molar-refractivity contribution in [2.24, 2.45) is 5.92 Å². The van der Waals surface area contributed by atoms with E-state index in [1.165, 1.54) is 11.4 Å². The monoisotopic (exact) mass is 333 g/mol. The summed E-state index contributed by atoms with van der Waals surface area (Å²) < 4.78 is 26.4. The predicted molar refractivity (Wildman–Crippen MR) is 81.8 cm³/mol. The summed E-state index contributed by atoms with van der Waals surface area (Å²) in [7, 11) is -2.18. The van der Waals surface area contributed by atoms with Crippen LogP contribution in [0.25, 0.3) is 0 Å². The van der Waals surface area contributed by atoms with Crippen LogP contribution in [-0.2, 0) is 10.0 Å². The first-order valence-electron chi connectivity index (χ1n) is 6.75. The predicted octanol–water partition coefficient (Wildman–Crippen LogP) is 2.44. The Morgan fingerprint density at radius 2 is 1.95 bits per heavy atom. The van der Waals surface area contributed by atoms with Crippen LogP contribution in [0.5, 0.6) is 0 Å². The van der Waals surface area contributed by atoms with Gasteiger partial charge in [-0.25, -0.2) is 8.42 Å². The second-order valence-corrected chi connectivity index (χ2v) is 8.82. The van der Waals surface area contributed by atoms with Crippen molar-refractivity contribution in [1.82, 2.24) is 4.31 Å². The van der Waals surface area contributed by atoms with Crippen molar-refractivity contribution in [3.63, 3.8) is 0 Å². The van der Waals surface area contributed by atoms with E-state index in [4.69, 9.17) is 5.73 Å². The fourth-order valence-electron chi connectivity index (χ4n) is 2.59. The number of nitrogens with zero attached hydrogens (tertiary/aromatic N) is 2. The summed E-state index contributed by atoms with van der Waals surface area (Å²) in [4.78, 5) is 10.1.